The number of morpholine rings is 1. The van der Waals surface area contributed by atoms with Crippen LogP contribution in [0.1, 0.15) is 23.7 Å². The minimum atomic E-state index is -0.156. The number of hydrogen-bond donors (Lipinski definition) is 1. The van der Waals surface area contributed by atoms with E-state index in [-0.39, 0.29) is 11.7 Å². The lowest BCUT2D eigenvalue weighted by Crippen LogP contribution is -2.51. The number of amides is 1. The number of fused-ring (bicyclic) bond motifs is 1. The van der Waals surface area contributed by atoms with Crippen molar-refractivity contribution < 1.29 is 14.6 Å². The summed E-state index contributed by atoms with van der Waals surface area (Å²) >= 11 is 0. The summed E-state index contributed by atoms with van der Waals surface area (Å²) in [5.74, 6) is -0.125. The van der Waals surface area contributed by atoms with E-state index in [0.29, 0.717) is 38.4 Å². The van der Waals surface area contributed by atoms with E-state index in [4.69, 9.17) is 4.74 Å². The van der Waals surface area contributed by atoms with Crippen LogP contribution in [0.5, 0.6) is 5.75 Å². The number of carbonyl (C=O) groups is 1. The van der Waals surface area contributed by atoms with E-state index in [0.717, 1.165) is 17.2 Å². The average Bonchev–Trinajstić information content (AvgIpc) is 2.59. The zero-order valence-electron chi connectivity index (χ0n) is 13.4. The maximum absolute atomic E-state index is 13.0. The average molecular weight is 314 g/mol. The molecule has 1 fully saturated rings. The van der Waals surface area contributed by atoms with Crippen molar-refractivity contribution in [3.05, 3.63) is 42.0 Å². The molecule has 23 heavy (non-hydrogen) atoms. The molecule has 0 radical (unpaired) electrons. The molecule has 0 bridgehead atoms. The fourth-order valence-corrected chi connectivity index (χ4v) is 2.92. The minimum absolute atomic E-state index is 0.0306. The molecule has 5 heteroatoms. The topological polar surface area (TPSA) is 53.0 Å². The van der Waals surface area contributed by atoms with Crippen molar-refractivity contribution >= 4 is 16.7 Å². The molecule has 0 aliphatic carbocycles. The molecule has 1 saturated heterocycles. The summed E-state index contributed by atoms with van der Waals surface area (Å²) in [6.45, 7) is 5.31. The first kappa shape index (κ1) is 15.8. The van der Waals surface area contributed by atoms with E-state index < -0.39 is 0 Å². The lowest BCUT2D eigenvalue weighted by molar-refractivity contribution is -0.0698. The highest BCUT2D eigenvalue weighted by molar-refractivity contribution is 6.01. The van der Waals surface area contributed by atoms with Gasteiger partial charge in [-0.25, -0.2) is 5.01 Å². The van der Waals surface area contributed by atoms with E-state index in [1.807, 2.05) is 36.2 Å². The third kappa shape index (κ3) is 3.30. The van der Waals surface area contributed by atoms with Crippen molar-refractivity contribution in [2.45, 2.75) is 13.3 Å². The Bertz CT molecular complexity index is 696. The van der Waals surface area contributed by atoms with Gasteiger partial charge in [0.05, 0.1) is 18.8 Å². The number of rotatable bonds is 4. The predicted octanol–water partition coefficient (Wildman–Crippen LogP) is 2.64. The van der Waals surface area contributed by atoms with Gasteiger partial charge in [-0.1, -0.05) is 31.2 Å². The summed E-state index contributed by atoms with van der Waals surface area (Å²) in [6, 6.07) is 11.2. The third-order valence-electron chi connectivity index (χ3n) is 4.09. The second-order valence-electron chi connectivity index (χ2n) is 5.71. The molecule has 5 nitrogen and oxygen atoms in total. The summed E-state index contributed by atoms with van der Waals surface area (Å²) in [5, 5.41) is 15.9. The first-order valence-corrected chi connectivity index (χ1v) is 8.07. The van der Waals surface area contributed by atoms with Gasteiger partial charge in [0.2, 0.25) is 0 Å². The molecule has 0 atom stereocenters. The largest absolute Gasteiger partial charge is 0.507 e. The number of hydrazine groups is 1. The maximum Gasteiger partial charge on any atom is 0.271 e. The first-order chi connectivity index (χ1) is 11.2. The van der Waals surface area contributed by atoms with Gasteiger partial charge in [-0.05, 0) is 29.3 Å². The summed E-state index contributed by atoms with van der Waals surface area (Å²) < 4.78 is 5.37. The molecule has 0 aromatic heterocycles. The van der Waals surface area contributed by atoms with Crippen LogP contribution in [0.2, 0.25) is 0 Å². The van der Waals surface area contributed by atoms with Gasteiger partial charge in [0.1, 0.15) is 5.75 Å². The van der Waals surface area contributed by atoms with Gasteiger partial charge in [0.15, 0.2) is 0 Å². The number of ether oxygens (including phenoxy) is 1. The maximum atomic E-state index is 13.0. The van der Waals surface area contributed by atoms with Crippen molar-refractivity contribution in [3.63, 3.8) is 0 Å². The Morgan fingerprint density at radius 3 is 2.52 bits per heavy atom. The SMILES string of the molecule is CCCN(C(=O)c1cc2ccccc2cc1O)N1CCOCC1. The Balaban J connectivity index is 1.94. The van der Waals surface area contributed by atoms with Crippen LogP contribution in [0.25, 0.3) is 10.8 Å². The quantitative estimate of drug-likeness (QED) is 0.942. The summed E-state index contributed by atoms with van der Waals surface area (Å²) in [6.07, 6.45) is 0.859. The Morgan fingerprint density at radius 1 is 1.22 bits per heavy atom. The van der Waals surface area contributed by atoms with Crippen molar-refractivity contribution in [1.29, 1.82) is 0 Å². The molecule has 1 heterocycles. The Hall–Kier alpha value is -2.11. The molecule has 0 unspecified atom stereocenters. The molecule has 2 aromatic carbocycles. The van der Waals surface area contributed by atoms with Gasteiger partial charge in [-0.3, -0.25) is 9.80 Å². The second kappa shape index (κ2) is 6.98. The second-order valence-corrected chi connectivity index (χ2v) is 5.71. The van der Waals surface area contributed by atoms with Crippen molar-refractivity contribution in [3.8, 4) is 5.75 Å². The van der Waals surface area contributed by atoms with Gasteiger partial charge in [0, 0.05) is 19.6 Å². The molecule has 0 saturated carbocycles. The van der Waals surface area contributed by atoms with E-state index >= 15 is 0 Å². The standard InChI is InChI=1S/C18H22N2O3/c1-2-7-20(19-8-10-23-11-9-19)18(22)16-12-14-5-3-4-6-15(14)13-17(16)21/h3-6,12-13,21H,2,7-11H2,1H3. The normalized spacial score (nSPS) is 15.7. The number of aromatic hydroxyl groups is 1. The van der Waals surface area contributed by atoms with Crippen LogP contribution < -0.4 is 0 Å². The number of benzene rings is 2. The number of carbonyl (C=O) groups excluding carboxylic acids is 1. The number of phenolic OH excluding ortho intramolecular Hbond substituents is 1. The van der Waals surface area contributed by atoms with Crippen LogP contribution in [0.4, 0.5) is 0 Å². The summed E-state index contributed by atoms with van der Waals surface area (Å²) in [4.78, 5) is 13.0. The smallest absolute Gasteiger partial charge is 0.271 e. The number of nitrogens with zero attached hydrogens (tertiary/aromatic N) is 2. The van der Waals surface area contributed by atoms with E-state index in [9.17, 15) is 9.90 Å². The van der Waals surface area contributed by atoms with Crippen LogP contribution in [0.3, 0.4) is 0 Å². The highest BCUT2D eigenvalue weighted by atomic mass is 16.5. The molecule has 1 amide bonds. The van der Waals surface area contributed by atoms with Crippen LogP contribution in [-0.2, 0) is 4.74 Å². The molecule has 3 rings (SSSR count). The van der Waals surface area contributed by atoms with Crippen LogP contribution in [-0.4, -0.2) is 53.9 Å². The zero-order chi connectivity index (χ0) is 16.2. The molecule has 1 aliphatic heterocycles. The number of phenols is 1. The summed E-state index contributed by atoms with van der Waals surface area (Å²) in [5.41, 5.74) is 0.351. The number of hydrogen-bond acceptors (Lipinski definition) is 4. The first-order valence-electron chi connectivity index (χ1n) is 8.07. The monoisotopic (exact) mass is 314 g/mol. The van der Waals surface area contributed by atoms with Crippen molar-refractivity contribution in [2.75, 3.05) is 32.8 Å². The molecule has 1 N–H and O–H groups in total. The molecule has 0 spiro atoms. The van der Waals surface area contributed by atoms with E-state index in [1.54, 1.807) is 17.1 Å². The van der Waals surface area contributed by atoms with Gasteiger partial charge >= 0.3 is 0 Å². The molecule has 2 aromatic rings. The van der Waals surface area contributed by atoms with Gasteiger partial charge in [-0.2, -0.15) is 0 Å². The van der Waals surface area contributed by atoms with E-state index in [2.05, 4.69) is 0 Å². The fraction of sp³-hybridized carbons (Fsp3) is 0.389. The third-order valence-corrected chi connectivity index (χ3v) is 4.09. The lowest BCUT2D eigenvalue weighted by atomic mass is 10.1. The van der Waals surface area contributed by atoms with Gasteiger partial charge < -0.3 is 9.84 Å². The van der Waals surface area contributed by atoms with Crippen LogP contribution in [0, 0.1) is 0 Å². The highest BCUT2D eigenvalue weighted by Crippen LogP contribution is 2.26. The predicted molar refractivity (Wildman–Crippen MR) is 89.3 cm³/mol. The van der Waals surface area contributed by atoms with Crippen molar-refractivity contribution in [2.24, 2.45) is 0 Å². The Labute approximate surface area is 136 Å². The fourth-order valence-electron chi connectivity index (χ4n) is 2.92. The molecular formula is C18H22N2O3. The minimum Gasteiger partial charge on any atom is -0.507 e. The molecule has 1 aliphatic rings. The van der Waals surface area contributed by atoms with Gasteiger partial charge in [0.25, 0.3) is 5.91 Å². The highest BCUT2D eigenvalue weighted by Gasteiger charge is 2.25. The van der Waals surface area contributed by atoms with Crippen LogP contribution in [0.15, 0.2) is 36.4 Å². The van der Waals surface area contributed by atoms with E-state index in [1.165, 1.54) is 0 Å². The van der Waals surface area contributed by atoms with Crippen molar-refractivity contribution in [1.82, 2.24) is 10.0 Å². The Kier molecular flexibility index (Phi) is 4.79. The molecule has 122 valence electrons. The molecular weight excluding hydrogens is 292 g/mol. The Morgan fingerprint density at radius 2 is 1.87 bits per heavy atom. The summed E-state index contributed by atoms with van der Waals surface area (Å²) in [7, 11) is 0. The van der Waals surface area contributed by atoms with Gasteiger partial charge in [-0.15, -0.1) is 0 Å². The lowest BCUT2D eigenvalue weighted by Gasteiger charge is -2.37. The van der Waals surface area contributed by atoms with Crippen LogP contribution >= 0.6 is 0 Å². The zero-order valence-corrected chi connectivity index (χ0v) is 13.4.